The number of carbonyl (C=O) groups excluding carboxylic acids is 1. The molecule has 0 saturated carbocycles. The molecule has 146 valence electrons. The van der Waals surface area contributed by atoms with E-state index < -0.39 is 10.0 Å². The van der Waals surface area contributed by atoms with Crippen LogP contribution in [0.15, 0.2) is 33.7 Å². The van der Waals surface area contributed by atoms with E-state index in [4.69, 9.17) is 4.52 Å². The van der Waals surface area contributed by atoms with E-state index in [0.717, 1.165) is 24.8 Å². The lowest BCUT2D eigenvalue weighted by atomic mass is 10.1. The Hall–Kier alpha value is -2.19. The predicted molar refractivity (Wildman–Crippen MR) is 101 cm³/mol. The Morgan fingerprint density at radius 1 is 1.26 bits per heavy atom. The Morgan fingerprint density at radius 3 is 2.70 bits per heavy atom. The maximum atomic E-state index is 12.8. The standard InChI is InChI=1S/C19H25N3O4S/c1-3-17-18(14(2)26-21-17)19(23)20-13-15-8-7-9-16(12-15)27(24,25)22-10-5-4-6-11-22/h7-9,12H,3-6,10-11,13H2,1-2H3,(H,20,23). The average Bonchev–Trinajstić information content (AvgIpc) is 3.07. The summed E-state index contributed by atoms with van der Waals surface area (Å²) in [6.07, 6.45) is 3.46. The topological polar surface area (TPSA) is 92.5 Å². The van der Waals surface area contributed by atoms with Crippen LogP contribution in [0, 0.1) is 6.92 Å². The lowest BCUT2D eigenvalue weighted by Crippen LogP contribution is -2.35. The van der Waals surface area contributed by atoms with Crippen LogP contribution in [-0.2, 0) is 23.0 Å². The fraction of sp³-hybridized carbons (Fsp3) is 0.474. The van der Waals surface area contributed by atoms with Crippen molar-refractivity contribution in [2.45, 2.75) is 51.0 Å². The molecule has 1 saturated heterocycles. The summed E-state index contributed by atoms with van der Waals surface area (Å²) in [5.41, 5.74) is 1.80. The van der Waals surface area contributed by atoms with E-state index in [1.165, 1.54) is 0 Å². The van der Waals surface area contributed by atoms with Gasteiger partial charge in [0.1, 0.15) is 11.3 Å². The smallest absolute Gasteiger partial charge is 0.257 e. The van der Waals surface area contributed by atoms with Gasteiger partial charge in [-0.2, -0.15) is 4.31 Å². The second-order valence-corrected chi connectivity index (χ2v) is 8.65. The Labute approximate surface area is 159 Å². The van der Waals surface area contributed by atoms with Gasteiger partial charge in [-0.3, -0.25) is 4.79 Å². The molecule has 1 aromatic heterocycles. The highest BCUT2D eigenvalue weighted by molar-refractivity contribution is 7.89. The van der Waals surface area contributed by atoms with Crippen molar-refractivity contribution < 1.29 is 17.7 Å². The van der Waals surface area contributed by atoms with Crippen LogP contribution in [0.5, 0.6) is 0 Å². The summed E-state index contributed by atoms with van der Waals surface area (Å²) in [4.78, 5) is 12.7. The Morgan fingerprint density at radius 2 is 2.00 bits per heavy atom. The summed E-state index contributed by atoms with van der Waals surface area (Å²) < 4.78 is 32.3. The van der Waals surface area contributed by atoms with Gasteiger partial charge < -0.3 is 9.84 Å². The largest absolute Gasteiger partial charge is 0.361 e. The van der Waals surface area contributed by atoms with Gasteiger partial charge in [0.2, 0.25) is 10.0 Å². The van der Waals surface area contributed by atoms with Gasteiger partial charge in [0.15, 0.2) is 0 Å². The van der Waals surface area contributed by atoms with Gasteiger partial charge >= 0.3 is 0 Å². The summed E-state index contributed by atoms with van der Waals surface area (Å²) >= 11 is 0. The first-order chi connectivity index (χ1) is 12.9. The van der Waals surface area contributed by atoms with Gasteiger partial charge in [-0.15, -0.1) is 0 Å². The van der Waals surface area contributed by atoms with Crippen molar-refractivity contribution in [3.63, 3.8) is 0 Å². The summed E-state index contributed by atoms with van der Waals surface area (Å²) in [5.74, 6) is 0.209. The zero-order chi connectivity index (χ0) is 19.4. The molecule has 7 nitrogen and oxygen atoms in total. The predicted octanol–water partition coefficient (Wildman–Crippen LogP) is 2.65. The van der Waals surface area contributed by atoms with E-state index in [0.29, 0.717) is 36.5 Å². The van der Waals surface area contributed by atoms with Crippen molar-refractivity contribution in [1.29, 1.82) is 0 Å². The summed E-state index contributed by atoms with van der Waals surface area (Å²) in [5, 5.41) is 6.72. The molecule has 3 rings (SSSR count). The lowest BCUT2D eigenvalue weighted by Gasteiger charge is -2.26. The van der Waals surface area contributed by atoms with E-state index in [2.05, 4.69) is 10.5 Å². The number of aryl methyl sites for hydroxylation is 2. The van der Waals surface area contributed by atoms with Crippen molar-refractivity contribution in [2.24, 2.45) is 0 Å². The molecular formula is C19H25N3O4S. The SMILES string of the molecule is CCc1noc(C)c1C(=O)NCc1cccc(S(=O)(=O)N2CCCCC2)c1. The van der Waals surface area contributed by atoms with Crippen LogP contribution in [0.3, 0.4) is 0 Å². The number of piperidine rings is 1. The molecule has 2 aromatic rings. The number of nitrogens with zero attached hydrogens (tertiary/aromatic N) is 2. The van der Waals surface area contributed by atoms with Crippen LogP contribution in [0.1, 0.15) is 53.6 Å². The van der Waals surface area contributed by atoms with Crippen molar-refractivity contribution in [1.82, 2.24) is 14.8 Å². The molecule has 27 heavy (non-hydrogen) atoms. The Kier molecular flexibility index (Phi) is 5.96. The molecule has 0 bridgehead atoms. The molecule has 1 aliphatic heterocycles. The molecule has 0 aliphatic carbocycles. The highest BCUT2D eigenvalue weighted by Gasteiger charge is 2.26. The Bertz CT molecular complexity index is 915. The summed E-state index contributed by atoms with van der Waals surface area (Å²) in [6.45, 7) is 4.97. The second-order valence-electron chi connectivity index (χ2n) is 6.71. The van der Waals surface area contributed by atoms with E-state index >= 15 is 0 Å². The minimum Gasteiger partial charge on any atom is -0.361 e. The van der Waals surface area contributed by atoms with Crippen LogP contribution in [0.25, 0.3) is 0 Å². The highest BCUT2D eigenvalue weighted by atomic mass is 32.2. The van der Waals surface area contributed by atoms with Gasteiger partial charge in [-0.25, -0.2) is 8.42 Å². The minimum absolute atomic E-state index is 0.232. The third kappa shape index (κ3) is 4.22. The molecular weight excluding hydrogens is 366 g/mol. The molecule has 1 fully saturated rings. The minimum atomic E-state index is -3.49. The molecule has 2 heterocycles. The summed E-state index contributed by atoms with van der Waals surface area (Å²) in [7, 11) is -3.49. The first-order valence-electron chi connectivity index (χ1n) is 9.26. The third-order valence-electron chi connectivity index (χ3n) is 4.80. The molecule has 8 heteroatoms. The van der Waals surface area contributed by atoms with E-state index in [1.54, 1.807) is 35.5 Å². The van der Waals surface area contributed by atoms with Crippen LogP contribution in [0.2, 0.25) is 0 Å². The third-order valence-corrected chi connectivity index (χ3v) is 6.69. The number of nitrogens with one attached hydrogen (secondary N) is 1. The fourth-order valence-electron chi connectivity index (χ4n) is 3.29. The number of benzene rings is 1. The van der Waals surface area contributed by atoms with Gasteiger partial charge in [0.25, 0.3) is 5.91 Å². The zero-order valence-corrected chi connectivity index (χ0v) is 16.5. The van der Waals surface area contributed by atoms with Gasteiger partial charge in [-0.1, -0.05) is 30.6 Å². The van der Waals surface area contributed by atoms with E-state index in [-0.39, 0.29) is 17.3 Å². The number of sulfonamides is 1. The molecule has 0 atom stereocenters. The van der Waals surface area contributed by atoms with Crippen LogP contribution in [-0.4, -0.2) is 36.9 Å². The fourth-order valence-corrected chi connectivity index (χ4v) is 4.88. The summed E-state index contributed by atoms with van der Waals surface area (Å²) in [6, 6.07) is 6.75. The highest BCUT2D eigenvalue weighted by Crippen LogP contribution is 2.21. The molecule has 1 aliphatic rings. The second kappa shape index (κ2) is 8.22. The molecule has 0 unspecified atom stereocenters. The lowest BCUT2D eigenvalue weighted by molar-refractivity contribution is 0.0948. The first kappa shape index (κ1) is 19.6. The number of hydrogen-bond acceptors (Lipinski definition) is 5. The number of hydrogen-bond donors (Lipinski definition) is 1. The van der Waals surface area contributed by atoms with Crippen molar-refractivity contribution in [3.8, 4) is 0 Å². The van der Waals surface area contributed by atoms with Crippen molar-refractivity contribution in [2.75, 3.05) is 13.1 Å². The van der Waals surface area contributed by atoms with E-state index in [1.807, 2.05) is 6.92 Å². The molecule has 1 N–H and O–H groups in total. The van der Waals surface area contributed by atoms with Crippen LogP contribution < -0.4 is 5.32 Å². The quantitative estimate of drug-likeness (QED) is 0.817. The van der Waals surface area contributed by atoms with Crippen LogP contribution >= 0.6 is 0 Å². The van der Waals surface area contributed by atoms with Gasteiger partial charge in [0, 0.05) is 19.6 Å². The molecule has 0 spiro atoms. The molecule has 1 aromatic carbocycles. The van der Waals surface area contributed by atoms with Gasteiger partial charge in [-0.05, 0) is 43.9 Å². The maximum absolute atomic E-state index is 12.8. The molecule has 1 amide bonds. The normalized spacial score (nSPS) is 15.6. The number of rotatable bonds is 6. The monoisotopic (exact) mass is 391 g/mol. The maximum Gasteiger partial charge on any atom is 0.257 e. The van der Waals surface area contributed by atoms with Crippen molar-refractivity contribution >= 4 is 15.9 Å². The average molecular weight is 391 g/mol. The van der Waals surface area contributed by atoms with E-state index in [9.17, 15) is 13.2 Å². The number of carbonyl (C=O) groups is 1. The first-order valence-corrected chi connectivity index (χ1v) is 10.7. The Balaban J connectivity index is 1.72. The van der Waals surface area contributed by atoms with Gasteiger partial charge in [0.05, 0.1) is 10.6 Å². The number of amides is 1. The number of aromatic nitrogens is 1. The zero-order valence-electron chi connectivity index (χ0n) is 15.7. The van der Waals surface area contributed by atoms with Crippen molar-refractivity contribution in [3.05, 3.63) is 46.8 Å². The van der Waals surface area contributed by atoms with Crippen LogP contribution in [0.4, 0.5) is 0 Å². The molecule has 0 radical (unpaired) electrons.